The van der Waals surface area contributed by atoms with Crippen LogP contribution in [-0.2, 0) is 4.79 Å². The molecule has 0 bridgehead atoms. The number of hydrogen-bond acceptors (Lipinski definition) is 3. The van der Waals surface area contributed by atoms with Crippen molar-refractivity contribution in [1.82, 2.24) is 4.90 Å². The number of benzene rings is 1. The molecule has 1 amide bonds. The monoisotopic (exact) mass is 279 g/mol. The van der Waals surface area contributed by atoms with Gasteiger partial charge in [-0.3, -0.25) is 4.79 Å². The lowest BCUT2D eigenvalue weighted by atomic mass is 10.2. The van der Waals surface area contributed by atoms with Crippen LogP contribution in [0.4, 0.5) is 0 Å². The van der Waals surface area contributed by atoms with Crippen LogP contribution < -0.4 is 0 Å². The highest BCUT2D eigenvalue weighted by Gasteiger charge is 2.27. The van der Waals surface area contributed by atoms with E-state index in [1.165, 1.54) is 4.90 Å². The van der Waals surface area contributed by atoms with Gasteiger partial charge in [-0.2, -0.15) is 0 Å². The van der Waals surface area contributed by atoms with E-state index in [0.29, 0.717) is 6.42 Å². The number of aliphatic hydroxyl groups is 1. The quantitative estimate of drug-likeness (QED) is 0.642. The Balaban J connectivity index is 1.67. The number of carbonyl (C=O) groups is 1. The average molecular weight is 279 g/mol. The van der Waals surface area contributed by atoms with Crippen molar-refractivity contribution in [2.45, 2.75) is 36.6 Å². The molecule has 1 aliphatic rings. The number of rotatable bonds is 6. The second-order valence-corrected chi connectivity index (χ2v) is 6.00. The van der Waals surface area contributed by atoms with Gasteiger partial charge in [0.05, 0.1) is 12.6 Å². The van der Waals surface area contributed by atoms with Crippen LogP contribution in [0.2, 0.25) is 0 Å². The summed E-state index contributed by atoms with van der Waals surface area (Å²) in [5.41, 5.74) is 0. The van der Waals surface area contributed by atoms with Crippen LogP contribution in [-0.4, -0.2) is 40.9 Å². The summed E-state index contributed by atoms with van der Waals surface area (Å²) in [7, 11) is 0. The third-order valence-corrected chi connectivity index (χ3v) is 4.55. The summed E-state index contributed by atoms with van der Waals surface area (Å²) in [5.74, 6) is 1.16. The molecule has 104 valence electrons. The van der Waals surface area contributed by atoms with Gasteiger partial charge < -0.3 is 10.0 Å². The Hall–Kier alpha value is -1.00. The fraction of sp³-hybridized carbons (Fsp3) is 0.533. The highest BCUT2D eigenvalue weighted by atomic mass is 32.2. The van der Waals surface area contributed by atoms with Gasteiger partial charge in [-0.1, -0.05) is 18.2 Å². The van der Waals surface area contributed by atoms with Gasteiger partial charge >= 0.3 is 0 Å². The first kappa shape index (κ1) is 14.4. The largest absolute Gasteiger partial charge is 0.394 e. The summed E-state index contributed by atoms with van der Waals surface area (Å²) in [4.78, 5) is 15.1. The van der Waals surface area contributed by atoms with Crippen molar-refractivity contribution < 1.29 is 9.90 Å². The Morgan fingerprint density at radius 3 is 2.89 bits per heavy atom. The minimum Gasteiger partial charge on any atom is -0.394 e. The molecule has 0 unspecified atom stereocenters. The Morgan fingerprint density at radius 1 is 1.37 bits per heavy atom. The zero-order valence-corrected chi connectivity index (χ0v) is 11.9. The molecule has 19 heavy (non-hydrogen) atoms. The summed E-state index contributed by atoms with van der Waals surface area (Å²) in [6.45, 7) is 0.917. The molecule has 3 nitrogen and oxygen atoms in total. The number of carbonyl (C=O) groups excluding carboxylic acids is 1. The highest BCUT2D eigenvalue weighted by molar-refractivity contribution is 7.99. The van der Waals surface area contributed by atoms with Gasteiger partial charge in [-0.25, -0.2) is 0 Å². The molecule has 2 rings (SSSR count). The lowest BCUT2D eigenvalue weighted by Crippen LogP contribution is -2.37. The molecule has 0 aliphatic carbocycles. The summed E-state index contributed by atoms with van der Waals surface area (Å²) in [5, 5.41) is 9.21. The van der Waals surface area contributed by atoms with E-state index in [4.69, 9.17) is 0 Å². The first-order chi connectivity index (χ1) is 9.31. The van der Waals surface area contributed by atoms with Gasteiger partial charge in [0.15, 0.2) is 0 Å². The molecule has 1 aromatic rings. The molecule has 1 fully saturated rings. The van der Waals surface area contributed by atoms with Crippen molar-refractivity contribution in [1.29, 1.82) is 0 Å². The molecule has 1 saturated heterocycles. The van der Waals surface area contributed by atoms with E-state index >= 15 is 0 Å². The first-order valence-electron chi connectivity index (χ1n) is 6.89. The van der Waals surface area contributed by atoms with E-state index in [-0.39, 0.29) is 18.6 Å². The number of amides is 1. The number of likely N-dealkylation sites (tertiary alicyclic amines) is 1. The Morgan fingerprint density at radius 2 is 2.16 bits per heavy atom. The minimum atomic E-state index is 0.0641. The van der Waals surface area contributed by atoms with Gasteiger partial charge in [0.25, 0.3) is 0 Å². The highest BCUT2D eigenvalue weighted by Crippen LogP contribution is 2.21. The van der Waals surface area contributed by atoms with Crippen LogP contribution in [0.5, 0.6) is 0 Å². The topological polar surface area (TPSA) is 40.5 Å². The normalized spacial score (nSPS) is 18.8. The van der Waals surface area contributed by atoms with E-state index in [0.717, 1.165) is 31.6 Å². The van der Waals surface area contributed by atoms with Crippen LogP contribution >= 0.6 is 11.8 Å². The van der Waals surface area contributed by atoms with Crippen LogP contribution in [0.1, 0.15) is 25.7 Å². The predicted molar refractivity (Wildman–Crippen MR) is 78.2 cm³/mol. The van der Waals surface area contributed by atoms with E-state index in [1.54, 1.807) is 11.8 Å². The molecular weight excluding hydrogens is 258 g/mol. The summed E-state index contributed by atoms with van der Waals surface area (Å²) >= 11 is 1.79. The molecule has 1 N–H and O–H groups in total. The fourth-order valence-electron chi connectivity index (χ4n) is 2.43. The zero-order chi connectivity index (χ0) is 13.5. The number of hydrogen-bond donors (Lipinski definition) is 1. The van der Waals surface area contributed by atoms with Crippen LogP contribution in [0.25, 0.3) is 0 Å². The maximum Gasteiger partial charge on any atom is 0.222 e. The summed E-state index contributed by atoms with van der Waals surface area (Å²) in [6, 6.07) is 10.3. The predicted octanol–water partition coefficient (Wildman–Crippen LogP) is 2.54. The molecule has 0 saturated carbocycles. The third kappa shape index (κ3) is 4.25. The van der Waals surface area contributed by atoms with E-state index in [9.17, 15) is 9.90 Å². The standard InChI is InChI=1S/C15H21NO2S/c17-12-13-6-4-10-16(13)15(18)9-5-11-19-14-7-2-1-3-8-14/h1-3,7-8,13,17H,4-6,9-12H2/t13-/m0/s1. The van der Waals surface area contributed by atoms with Gasteiger partial charge in [-0.15, -0.1) is 11.8 Å². The molecule has 1 heterocycles. The molecule has 4 heteroatoms. The van der Waals surface area contributed by atoms with Crippen LogP contribution in [0, 0.1) is 0 Å². The van der Waals surface area contributed by atoms with Gasteiger partial charge in [0, 0.05) is 17.9 Å². The number of nitrogens with zero attached hydrogens (tertiary/aromatic N) is 1. The molecule has 1 atom stereocenters. The molecular formula is C15H21NO2S. The third-order valence-electron chi connectivity index (χ3n) is 3.46. The average Bonchev–Trinajstić information content (AvgIpc) is 2.93. The van der Waals surface area contributed by atoms with E-state index < -0.39 is 0 Å². The molecule has 1 aromatic carbocycles. The smallest absolute Gasteiger partial charge is 0.222 e. The van der Waals surface area contributed by atoms with E-state index in [1.807, 2.05) is 23.1 Å². The Kier molecular flexibility index (Phi) is 5.73. The Bertz CT molecular complexity index is 396. The molecule has 1 aliphatic heterocycles. The Labute approximate surface area is 119 Å². The van der Waals surface area contributed by atoms with Crippen molar-refractivity contribution in [3.8, 4) is 0 Å². The minimum absolute atomic E-state index is 0.0641. The van der Waals surface area contributed by atoms with Crippen molar-refractivity contribution >= 4 is 17.7 Å². The second kappa shape index (κ2) is 7.56. The van der Waals surface area contributed by atoms with Crippen molar-refractivity contribution in [2.75, 3.05) is 18.9 Å². The van der Waals surface area contributed by atoms with Crippen molar-refractivity contribution in [3.63, 3.8) is 0 Å². The zero-order valence-electron chi connectivity index (χ0n) is 11.1. The number of thioether (sulfide) groups is 1. The fourth-order valence-corrected chi connectivity index (χ4v) is 3.30. The molecule has 0 radical (unpaired) electrons. The van der Waals surface area contributed by atoms with Crippen molar-refractivity contribution in [3.05, 3.63) is 30.3 Å². The summed E-state index contributed by atoms with van der Waals surface area (Å²) < 4.78 is 0. The maximum atomic E-state index is 12.0. The SMILES string of the molecule is O=C(CCCSc1ccccc1)N1CCC[C@H]1CO. The van der Waals surface area contributed by atoms with E-state index in [2.05, 4.69) is 12.1 Å². The van der Waals surface area contributed by atoms with Crippen LogP contribution in [0.15, 0.2) is 35.2 Å². The van der Waals surface area contributed by atoms with Gasteiger partial charge in [0.2, 0.25) is 5.91 Å². The summed E-state index contributed by atoms with van der Waals surface area (Å²) in [6.07, 6.45) is 3.46. The van der Waals surface area contributed by atoms with Gasteiger partial charge in [0.1, 0.15) is 0 Å². The van der Waals surface area contributed by atoms with Crippen LogP contribution in [0.3, 0.4) is 0 Å². The molecule has 0 spiro atoms. The lowest BCUT2D eigenvalue weighted by molar-refractivity contribution is -0.132. The molecule has 0 aromatic heterocycles. The maximum absolute atomic E-state index is 12.0. The van der Waals surface area contributed by atoms with Crippen molar-refractivity contribution in [2.24, 2.45) is 0 Å². The lowest BCUT2D eigenvalue weighted by Gasteiger charge is -2.22. The van der Waals surface area contributed by atoms with Gasteiger partial charge in [-0.05, 0) is 37.1 Å². The first-order valence-corrected chi connectivity index (χ1v) is 7.88. The number of aliphatic hydroxyl groups excluding tert-OH is 1. The second-order valence-electron chi connectivity index (χ2n) is 4.83.